The van der Waals surface area contributed by atoms with Gasteiger partial charge in [-0.1, -0.05) is 67.3 Å². The van der Waals surface area contributed by atoms with E-state index in [0.29, 0.717) is 18.7 Å². The zero-order valence-electron chi connectivity index (χ0n) is 20.9. The Bertz CT molecular complexity index is 1100. The Morgan fingerprint density at radius 3 is 2.26 bits per heavy atom. The van der Waals surface area contributed by atoms with Gasteiger partial charge in [-0.15, -0.1) is 0 Å². The maximum Gasteiger partial charge on any atom is 0.254 e. The lowest BCUT2D eigenvalue weighted by Gasteiger charge is -2.35. The summed E-state index contributed by atoms with van der Waals surface area (Å²) in [6.45, 7) is 4.98. The van der Waals surface area contributed by atoms with Crippen LogP contribution in [0, 0.1) is 13.8 Å². The molecule has 0 bridgehead atoms. The molecule has 5 nitrogen and oxygen atoms in total. The lowest BCUT2D eigenvalue weighted by atomic mass is 9.93. The summed E-state index contributed by atoms with van der Waals surface area (Å²) in [5.74, 6) is 1.50. The minimum absolute atomic E-state index is 0.0407. The molecule has 1 saturated carbocycles. The van der Waals surface area contributed by atoms with E-state index < -0.39 is 0 Å². The van der Waals surface area contributed by atoms with Gasteiger partial charge in [-0.05, 0) is 62.9 Å². The number of carbonyl (C=O) groups excluding carboxylic acids is 2. The summed E-state index contributed by atoms with van der Waals surface area (Å²) < 4.78 is 5.79. The van der Waals surface area contributed by atoms with Crippen LogP contribution in [0.3, 0.4) is 0 Å². The smallest absolute Gasteiger partial charge is 0.254 e. The normalized spacial score (nSPS) is 14.0. The van der Waals surface area contributed by atoms with E-state index in [1.165, 1.54) is 12.0 Å². The molecule has 0 radical (unpaired) electrons. The van der Waals surface area contributed by atoms with Gasteiger partial charge in [0.1, 0.15) is 18.1 Å². The minimum atomic E-state index is -0.0536. The van der Waals surface area contributed by atoms with Crippen LogP contribution in [-0.2, 0) is 17.8 Å². The second-order valence-electron chi connectivity index (χ2n) is 9.65. The van der Waals surface area contributed by atoms with E-state index in [1.54, 1.807) is 0 Å². The van der Waals surface area contributed by atoms with E-state index >= 15 is 0 Å². The van der Waals surface area contributed by atoms with Gasteiger partial charge in [-0.2, -0.15) is 0 Å². The second kappa shape index (κ2) is 11.9. The predicted octanol–water partition coefficient (Wildman–Crippen LogP) is 5.94. The van der Waals surface area contributed by atoms with E-state index in [4.69, 9.17) is 4.42 Å². The number of benzene rings is 2. The highest BCUT2D eigenvalue weighted by Gasteiger charge is 2.30. The molecule has 1 aliphatic rings. The molecule has 0 N–H and O–H groups in total. The van der Waals surface area contributed by atoms with Gasteiger partial charge in [0, 0.05) is 18.2 Å². The van der Waals surface area contributed by atoms with Crippen LogP contribution in [0.2, 0.25) is 0 Å². The maximum absolute atomic E-state index is 13.7. The van der Waals surface area contributed by atoms with Crippen molar-refractivity contribution < 1.29 is 14.0 Å². The Morgan fingerprint density at radius 1 is 0.886 bits per heavy atom. The fraction of sp³-hybridized carbons (Fsp3) is 0.400. The van der Waals surface area contributed by atoms with E-state index in [9.17, 15) is 9.59 Å². The average molecular weight is 473 g/mol. The summed E-state index contributed by atoms with van der Waals surface area (Å²) >= 11 is 0. The van der Waals surface area contributed by atoms with E-state index in [0.717, 1.165) is 49.2 Å². The van der Waals surface area contributed by atoms with E-state index in [1.807, 2.05) is 78.2 Å². The highest BCUT2D eigenvalue weighted by atomic mass is 16.3. The van der Waals surface area contributed by atoms with Crippen molar-refractivity contribution >= 4 is 11.8 Å². The molecule has 0 spiro atoms. The Morgan fingerprint density at radius 2 is 1.60 bits per heavy atom. The van der Waals surface area contributed by atoms with Gasteiger partial charge in [0.25, 0.3) is 5.91 Å². The van der Waals surface area contributed by atoms with Crippen molar-refractivity contribution in [2.75, 3.05) is 13.1 Å². The molecule has 5 heteroatoms. The summed E-state index contributed by atoms with van der Waals surface area (Å²) in [7, 11) is 0. The Labute approximate surface area is 208 Å². The Kier molecular flexibility index (Phi) is 8.40. The van der Waals surface area contributed by atoms with Crippen molar-refractivity contribution in [1.82, 2.24) is 9.80 Å². The molecule has 0 saturated heterocycles. The fourth-order valence-corrected chi connectivity index (χ4v) is 4.83. The molecule has 35 heavy (non-hydrogen) atoms. The molecule has 1 fully saturated rings. The first-order valence-corrected chi connectivity index (χ1v) is 12.7. The fourth-order valence-electron chi connectivity index (χ4n) is 4.83. The van der Waals surface area contributed by atoms with Crippen LogP contribution >= 0.6 is 0 Å². The molecule has 0 aliphatic heterocycles. The van der Waals surface area contributed by atoms with Crippen LogP contribution < -0.4 is 0 Å². The van der Waals surface area contributed by atoms with E-state index in [-0.39, 0.29) is 24.4 Å². The Hall–Kier alpha value is -3.34. The van der Waals surface area contributed by atoms with Gasteiger partial charge < -0.3 is 14.2 Å². The molecule has 3 aromatic rings. The quantitative estimate of drug-likeness (QED) is 0.387. The van der Waals surface area contributed by atoms with Gasteiger partial charge in [0.15, 0.2) is 0 Å². The molecule has 184 valence electrons. The molecule has 1 aromatic heterocycles. The topological polar surface area (TPSA) is 53.8 Å². The molecule has 0 unspecified atom stereocenters. The van der Waals surface area contributed by atoms with Crippen molar-refractivity contribution in [3.8, 4) is 0 Å². The number of carbonyl (C=O) groups is 2. The third kappa shape index (κ3) is 6.84. The van der Waals surface area contributed by atoms with Crippen LogP contribution in [-0.4, -0.2) is 40.7 Å². The summed E-state index contributed by atoms with van der Waals surface area (Å²) in [5.41, 5.74) is 2.94. The van der Waals surface area contributed by atoms with Crippen molar-refractivity contribution in [3.05, 3.63) is 94.9 Å². The SMILES string of the molecule is Cc1ccc(C(=O)N(CC(=O)N(CCc2ccccc2)Cc2ccc(C)o2)C2CCCCC2)cc1. The highest BCUT2D eigenvalue weighted by molar-refractivity contribution is 5.96. The zero-order chi connectivity index (χ0) is 24.6. The summed E-state index contributed by atoms with van der Waals surface area (Å²) in [6, 6.07) is 21.8. The van der Waals surface area contributed by atoms with Gasteiger partial charge >= 0.3 is 0 Å². The van der Waals surface area contributed by atoms with Crippen LogP contribution in [0.25, 0.3) is 0 Å². The van der Waals surface area contributed by atoms with Gasteiger partial charge in [-0.25, -0.2) is 0 Å². The number of hydrogen-bond donors (Lipinski definition) is 0. The largest absolute Gasteiger partial charge is 0.464 e. The second-order valence-corrected chi connectivity index (χ2v) is 9.65. The standard InChI is InChI=1S/C30H36N2O3/c1-23-13-16-26(17-14-23)30(34)32(27-11-7-4-8-12-27)22-29(33)31(21-28-18-15-24(2)35-28)20-19-25-9-5-3-6-10-25/h3,5-6,9-10,13-18,27H,4,7-8,11-12,19-22H2,1-2H3. The molecule has 0 atom stereocenters. The first-order valence-electron chi connectivity index (χ1n) is 12.7. The number of amides is 2. The number of nitrogens with zero attached hydrogens (tertiary/aromatic N) is 2. The zero-order valence-corrected chi connectivity index (χ0v) is 20.9. The maximum atomic E-state index is 13.7. The van der Waals surface area contributed by atoms with Crippen LogP contribution in [0.15, 0.2) is 71.1 Å². The van der Waals surface area contributed by atoms with Crippen LogP contribution in [0.4, 0.5) is 0 Å². The van der Waals surface area contributed by atoms with Crippen molar-refractivity contribution in [1.29, 1.82) is 0 Å². The number of aryl methyl sites for hydroxylation is 2. The van der Waals surface area contributed by atoms with Crippen molar-refractivity contribution in [2.24, 2.45) is 0 Å². The molecule has 4 rings (SSSR count). The average Bonchev–Trinajstić information content (AvgIpc) is 3.30. The van der Waals surface area contributed by atoms with Gasteiger partial charge in [-0.3, -0.25) is 9.59 Å². The minimum Gasteiger partial charge on any atom is -0.464 e. The van der Waals surface area contributed by atoms with Crippen LogP contribution in [0.1, 0.15) is 65.1 Å². The molecule has 1 heterocycles. The third-order valence-corrected chi connectivity index (χ3v) is 6.89. The van der Waals surface area contributed by atoms with Crippen molar-refractivity contribution in [2.45, 2.75) is 65.0 Å². The number of rotatable bonds is 9. The summed E-state index contributed by atoms with van der Waals surface area (Å²) in [5, 5.41) is 0. The predicted molar refractivity (Wildman–Crippen MR) is 138 cm³/mol. The molecule has 2 aromatic carbocycles. The molecular weight excluding hydrogens is 436 g/mol. The first-order chi connectivity index (χ1) is 17.0. The monoisotopic (exact) mass is 472 g/mol. The summed E-state index contributed by atoms with van der Waals surface area (Å²) in [4.78, 5) is 31.0. The lowest BCUT2D eigenvalue weighted by Crippen LogP contribution is -2.48. The highest BCUT2D eigenvalue weighted by Crippen LogP contribution is 2.25. The Balaban J connectivity index is 1.54. The van der Waals surface area contributed by atoms with Crippen LogP contribution in [0.5, 0.6) is 0 Å². The van der Waals surface area contributed by atoms with Crippen molar-refractivity contribution in [3.63, 3.8) is 0 Å². The molecule has 1 aliphatic carbocycles. The first kappa shape index (κ1) is 24.8. The number of hydrogen-bond acceptors (Lipinski definition) is 3. The van der Waals surface area contributed by atoms with Gasteiger partial charge in [0.2, 0.25) is 5.91 Å². The summed E-state index contributed by atoms with van der Waals surface area (Å²) in [6.07, 6.45) is 6.04. The lowest BCUT2D eigenvalue weighted by molar-refractivity contribution is -0.133. The van der Waals surface area contributed by atoms with Gasteiger partial charge in [0.05, 0.1) is 6.54 Å². The third-order valence-electron chi connectivity index (χ3n) is 6.89. The van der Waals surface area contributed by atoms with E-state index in [2.05, 4.69) is 12.1 Å². The number of furan rings is 1. The molecule has 2 amide bonds. The molecular formula is C30H36N2O3.